The van der Waals surface area contributed by atoms with Crippen LogP contribution in [0, 0.1) is 13.8 Å². The van der Waals surface area contributed by atoms with Crippen LogP contribution in [-0.2, 0) is 10.0 Å². The Hall–Kier alpha value is -1.25. The van der Waals surface area contributed by atoms with E-state index in [0.717, 1.165) is 25.7 Å². The third-order valence-electron chi connectivity index (χ3n) is 3.81. The van der Waals surface area contributed by atoms with Gasteiger partial charge in [0, 0.05) is 17.1 Å². The Balaban J connectivity index is 2.14. The lowest BCUT2D eigenvalue weighted by Crippen LogP contribution is -2.37. The number of rotatable bonds is 3. The van der Waals surface area contributed by atoms with Gasteiger partial charge in [-0.2, -0.15) is 0 Å². The van der Waals surface area contributed by atoms with Crippen LogP contribution in [0.1, 0.15) is 37.1 Å². The van der Waals surface area contributed by atoms with Crippen LogP contribution in [0.2, 0.25) is 0 Å². The maximum absolute atomic E-state index is 12.6. The summed E-state index contributed by atoms with van der Waals surface area (Å²) in [6.07, 6.45) is 3.69. The third kappa shape index (κ3) is 2.51. The monoisotopic (exact) mass is 327 g/mol. The molecule has 1 fully saturated rings. The molecule has 21 heavy (non-hydrogen) atoms. The highest BCUT2D eigenvalue weighted by Crippen LogP contribution is 2.21. The lowest BCUT2D eigenvalue weighted by Gasteiger charge is -2.13. The fourth-order valence-corrected chi connectivity index (χ4v) is 5.25. The summed E-state index contributed by atoms with van der Waals surface area (Å²) in [6, 6.07) is -0.0712. The molecule has 0 radical (unpaired) electrons. The topological polar surface area (TPSA) is 80.5 Å². The number of nitrogens with zero attached hydrogens (tertiary/aromatic N) is 2. The van der Waals surface area contributed by atoms with Gasteiger partial charge in [0.25, 0.3) is 5.56 Å². The summed E-state index contributed by atoms with van der Waals surface area (Å²) in [4.78, 5) is 17.1. The molecule has 1 aliphatic rings. The van der Waals surface area contributed by atoms with Gasteiger partial charge in [-0.15, -0.1) is 11.3 Å². The second-order valence-electron chi connectivity index (χ2n) is 5.43. The Morgan fingerprint density at radius 2 is 2.00 bits per heavy atom. The first-order valence-corrected chi connectivity index (χ1v) is 9.26. The van der Waals surface area contributed by atoms with Crippen molar-refractivity contribution in [2.75, 3.05) is 0 Å². The zero-order chi connectivity index (χ0) is 15.2. The molecule has 3 rings (SSSR count). The summed E-state index contributed by atoms with van der Waals surface area (Å²) >= 11 is 1.33. The maximum atomic E-state index is 12.6. The van der Waals surface area contributed by atoms with Crippen molar-refractivity contribution < 1.29 is 8.42 Å². The first-order valence-electron chi connectivity index (χ1n) is 6.90. The Bertz CT molecular complexity index is 845. The van der Waals surface area contributed by atoms with E-state index in [4.69, 9.17) is 0 Å². The fraction of sp³-hybridized carbons (Fsp3) is 0.538. The molecular weight excluding hydrogens is 310 g/mol. The molecule has 0 amide bonds. The van der Waals surface area contributed by atoms with E-state index in [2.05, 4.69) is 9.71 Å². The van der Waals surface area contributed by atoms with Gasteiger partial charge < -0.3 is 0 Å². The minimum Gasteiger partial charge on any atom is -0.267 e. The van der Waals surface area contributed by atoms with E-state index in [-0.39, 0.29) is 16.6 Å². The predicted molar refractivity (Wildman–Crippen MR) is 81.4 cm³/mol. The number of hydrogen-bond acceptors (Lipinski definition) is 5. The van der Waals surface area contributed by atoms with Crippen molar-refractivity contribution in [2.45, 2.75) is 50.5 Å². The molecule has 114 valence electrons. The Morgan fingerprint density at radius 1 is 1.33 bits per heavy atom. The lowest BCUT2D eigenvalue weighted by molar-refractivity contribution is 0.549. The van der Waals surface area contributed by atoms with Crippen molar-refractivity contribution in [2.24, 2.45) is 0 Å². The highest BCUT2D eigenvalue weighted by Gasteiger charge is 2.28. The SMILES string of the molecule is Cc1nc2scc(C)n2c(=O)c1S(=O)(=O)NC1CCCC1. The first kappa shape index (κ1) is 14.7. The van der Waals surface area contributed by atoms with Crippen molar-refractivity contribution in [3.8, 4) is 0 Å². The highest BCUT2D eigenvalue weighted by molar-refractivity contribution is 7.89. The minimum absolute atomic E-state index is 0.0712. The molecule has 0 spiro atoms. The van der Waals surface area contributed by atoms with E-state index in [1.165, 1.54) is 15.7 Å². The van der Waals surface area contributed by atoms with E-state index >= 15 is 0 Å². The summed E-state index contributed by atoms with van der Waals surface area (Å²) in [5.41, 5.74) is 0.443. The van der Waals surface area contributed by atoms with Gasteiger partial charge in [-0.05, 0) is 26.7 Å². The molecule has 0 bridgehead atoms. The number of aromatic nitrogens is 2. The van der Waals surface area contributed by atoms with Gasteiger partial charge in [-0.1, -0.05) is 12.8 Å². The van der Waals surface area contributed by atoms with Crippen LogP contribution in [0.5, 0.6) is 0 Å². The first-order chi connectivity index (χ1) is 9.90. The van der Waals surface area contributed by atoms with Gasteiger partial charge in [0.1, 0.15) is 0 Å². The van der Waals surface area contributed by atoms with Crippen molar-refractivity contribution in [3.05, 3.63) is 27.1 Å². The van der Waals surface area contributed by atoms with Gasteiger partial charge in [-0.3, -0.25) is 9.20 Å². The average Bonchev–Trinajstić information content (AvgIpc) is 2.98. The molecule has 8 heteroatoms. The van der Waals surface area contributed by atoms with Crippen molar-refractivity contribution in [1.29, 1.82) is 0 Å². The highest BCUT2D eigenvalue weighted by atomic mass is 32.2. The lowest BCUT2D eigenvalue weighted by atomic mass is 10.3. The van der Waals surface area contributed by atoms with E-state index in [9.17, 15) is 13.2 Å². The maximum Gasteiger partial charge on any atom is 0.279 e. The molecule has 1 saturated carbocycles. The largest absolute Gasteiger partial charge is 0.279 e. The molecule has 2 aromatic heterocycles. The Morgan fingerprint density at radius 3 is 2.67 bits per heavy atom. The molecule has 2 aromatic rings. The van der Waals surface area contributed by atoms with Crippen molar-refractivity contribution in [1.82, 2.24) is 14.1 Å². The fourth-order valence-electron chi connectivity index (χ4n) is 2.80. The molecule has 0 unspecified atom stereocenters. The number of sulfonamides is 1. The summed E-state index contributed by atoms with van der Waals surface area (Å²) in [5, 5.41) is 1.80. The zero-order valence-corrected chi connectivity index (χ0v) is 13.6. The second-order valence-corrected chi connectivity index (χ2v) is 7.92. The normalized spacial score (nSPS) is 16.9. The zero-order valence-electron chi connectivity index (χ0n) is 11.9. The molecule has 1 aliphatic carbocycles. The van der Waals surface area contributed by atoms with Crippen molar-refractivity contribution >= 4 is 26.3 Å². The molecule has 0 saturated heterocycles. The standard InChI is InChI=1S/C13H17N3O3S2/c1-8-7-20-13-14-9(2)11(12(17)16(8)13)21(18,19)15-10-5-3-4-6-10/h7,10,15H,3-6H2,1-2H3. The number of fused-ring (bicyclic) bond motifs is 1. The van der Waals surface area contributed by atoms with Crippen LogP contribution in [0.25, 0.3) is 4.96 Å². The Labute approximate surface area is 126 Å². The summed E-state index contributed by atoms with van der Waals surface area (Å²) < 4.78 is 29.1. The quantitative estimate of drug-likeness (QED) is 0.928. The number of thiazole rings is 1. The van der Waals surface area contributed by atoms with Gasteiger partial charge in [0.15, 0.2) is 9.86 Å². The van der Waals surface area contributed by atoms with Crippen LogP contribution in [-0.4, -0.2) is 23.8 Å². The summed E-state index contributed by atoms with van der Waals surface area (Å²) in [7, 11) is -3.83. The second kappa shape index (κ2) is 5.19. The van der Waals surface area contributed by atoms with Gasteiger partial charge >= 0.3 is 0 Å². The van der Waals surface area contributed by atoms with Crippen molar-refractivity contribution in [3.63, 3.8) is 0 Å². The smallest absolute Gasteiger partial charge is 0.267 e. The molecule has 0 aliphatic heterocycles. The number of hydrogen-bond donors (Lipinski definition) is 1. The molecule has 0 atom stereocenters. The van der Waals surface area contributed by atoms with Gasteiger partial charge in [-0.25, -0.2) is 18.1 Å². The van der Waals surface area contributed by atoms with Crippen LogP contribution >= 0.6 is 11.3 Å². The number of aryl methyl sites for hydroxylation is 2. The van der Waals surface area contributed by atoms with Gasteiger partial charge in [0.2, 0.25) is 10.0 Å². The average molecular weight is 327 g/mol. The molecule has 2 heterocycles. The van der Waals surface area contributed by atoms with Crippen LogP contribution in [0.15, 0.2) is 15.1 Å². The van der Waals surface area contributed by atoms with E-state index in [1.807, 2.05) is 0 Å². The Kier molecular flexibility index (Phi) is 3.62. The predicted octanol–water partition coefficient (Wildman–Crippen LogP) is 1.59. The molecule has 6 nitrogen and oxygen atoms in total. The van der Waals surface area contributed by atoms with E-state index < -0.39 is 15.6 Å². The number of nitrogens with one attached hydrogen (secondary N) is 1. The summed E-state index contributed by atoms with van der Waals surface area (Å²) in [6.45, 7) is 3.34. The van der Waals surface area contributed by atoms with E-state index in [0.29, 0.717) is 10.7 Å². The third-order valence-corrected chi connectivity index (χ3v) is 6.41. The van der Waals surface area contributed by atoms with Crippen LogP contribution in [0.4, 0.5) is 0 Å². The van der Waals surface area contributed by atoms with Crippen LogP contribution < -0.4 is 10.3 Å². The van der Waals surface area contributed by atoms with Crippen LogP contribution in [0.3, 0.4) is 0 Å². The molecule has 1 N–H and O–H groups in total. The van der Waals surface area contributed by atoms with E-state index in [1.54, 1.807) is 19.2 Å². The molecule has 0 aromatic carbocycles. The molecular formula is C13H17N3O3S2. The van der Waals surface area contributed by atoms with Gasteiger partial charge in [0.05, 0.1) is 5.69 Å². The summed E-state index contributed by atoms with van der Waals surface area (Å²) in [5.74, 6) is 0. The minimum atomic E-state index is -3.83.